The van der Waals surface area contributed by atoms with Crippen LogP contribution in [0.3, 0.4) is 0 Å². The van der Waals surface area contributed by atoms with Gasteiger partial charge < -0.3 is 24.6 Å². The average molecular weight is 382 g/mol. The molecular formula is C17H13Cl2NO5. The summed E-state index contributed by atoms with van der Waals surface area (Å²) in [6.45, 7) is 0. The quantitative estimate of drug-likeness (QED) is 0.753. The number of hydrogen-bond donors (Lipinski definition) is 2. The zero-order chi connectivity index (χ0) is 17.7. The molecule has 2 aliphatic rings. The van der Waals surface area contributed by atoms with Crippen molar-refractivity contribution < 1.29 is 24.1 Å². The van der Waals surface area contributed by atoms with E-state index in [4.69, 9.17) is 42.5 Å². The van der Waals surface area contributed by atoms with Gasteiger partial charge in [0.05, 0.1) is 13.0 Å². The molecule has 0 radical (unpaired) electrons. The van der Waals surface area contributed by atoms with Crippen LogP contribution >= 0.6 is 23.2 Å². The van der Waals surface area contributed by atoms with Crippen molar-refractivity contribution in [1.29, 1.82) is 0 Å². The lowest BCUT2D eigenvalue weighted by Crippen LogP contribution is -2.46. The molecule has 3 atom stereocenters. The SMILES string of the molecule is COc1cccc2c1OC1C(OC(=O)O)Nc3cc(Cl)cc(Cl)c3C21. The topological polar surface area (TPSA) is 77.0 Å². The fraction of sp³-hybridized carbons (Fsp3) is 0.235. The summed E-state index contributed by atoms with van der Waals surface area (Å²) >= 11 is 12.5. The number of para-hydroxylation sites is 1. The number of hydrogen-bond acceptors (Lipinski definition) is 5. The van der Waals surface area contributed by atoms with E-state index in [1.165, 1.54) is 0 Å². The summed E-state index contributed by atoms with van der Waals surface area (Å²) < 4.78 is 16.4. The Hall–Kier alpha value is -2.31. The summed E-state index contributed by atoms with van der Waals surface area (Å²) in [4.78, 5) is 11.1. The van der Waals surface area contributed by atoms with Crippen LogP contribution in [-0.2, 0) is 4.74 Å². The van der Waals surface area contributed by atoms with Crippen LogP contribution in [0.15, 0.2) is 30.3 Å². The first-order valence-electron chi connectivity index (χ1n) is 7.48. The molecule has 25 heavy (non-hydrogen) atoms. The van der Waals surface area contributed by atoms with E-state index in [0.29, 0.717) is 27.2 Å². The molecule has 3 unspecified atom stereocenters. The largest absolute Gasteiger partial charge is 0.507 e. The summed E-state index contributed by atoms with van der Waals surface area (Å²) in [5.74, 6) is 0.808. The molecule has 0 aromatic heterocycles. The van der Waals surface area contributed by atoms with Gasteiger partial charge in [0.25, 0.3) is 0 Å². The van der Waals surface area contributed by atoms with E-state index in [9.17, 15) is 4.79 Å². The third-order valence-corrected chi connectivity index (χ3v) is 4.91. The minimum Gasteiger partial charge on any atom is -0.493 e. The lowest BCUT2D eigenvalue weighted by Gasteiger charge is -2.35. The molecule has 0 amide bonds. The number of nitrogens with one attached hydrogen (secondary N) is 1. The zero-order valence-corrected chi connectivity index (χ0v) is 14.5. The molecule has 130 valence electrons. The molecule has 0 bridgehead atoms. The molecule has 2 N–H and O–H groups in total. The van der Waals surface area contributed by atoms with Gasteiger partial charge in [-0.05, 0) is 18.2 Å². The highest BCUT2D eigenvalue weighted by Crippen LogP contribution is 2.53. The molecule has 8 heteroatoms. The third-order valence-electron chi connectivity index (χ3n) is 4.38. The van der Waals surface area contributed by atoms with E-state index in [-0.39, 0.29) is 5.92 Å². The van der Waals surface area contributed by atoms with Crippen molar-refractivity contribution >= 4 is 35.0 Å². The maximum absolute atomic E-state index is 11.1. The monoisotopic (exact) mass is 381 g/mol. The molecule has 4 rings (SSSR count). The minimum atomic E-state index is -1.40. The molecule has 0 saturated heterocycles. The van der Waals surface area contributed by atoms with Crippen LogP contribution < -0.4 is 14.8 Å². The summed E-state index contributed by atoms with van der Waals surface area (Å²) in [6, 6.07) is 8.87. The van der Waals surface area contributed by atoms with Gasteiger partial charge in [-0.1, -0.05) is 35.3 Å². The Morgan fingerprint density at radius 3 is 2.84 bits per heavy atom. The Labute approximate surface area is 153 Å². The van der Waals surface area contributed by atoms with Crippen molar-refractivity contribution in [2.75, 3.05) is 12.4 Å². The number of methoxy groups -OCH3 is 1. The van der Waals surface area contributed by atoms with Gasteiger partial charge in [0.1, 0.15) is 0 Å². The number of ether oxygens (including phenoxy) is 3. The number of rotatable bonds is 2. The van der Waals surface area contributed by atoms with E-state index in [0.717, 1.165) is 11.1 Å². The van der Waals surface area contributed by atoms with Crippen molar-refractivity contribution in [3.8, 4) is 11.5 Å². The number of fused-ring (bicyclic) bond motifs is 5. The van der Waals surface area contributed by atoms with Gasteiger partial charge in [0, 0.05) is 26.9 Å². The molecule has 0 fully saturated rings. The second-order valence-electron chi connectivity index (χ2n) is 5.74. The number of halogens is 2. The summed E-state index contributed by atoms with van der Waals surface area (Å²) in [6.07, 6.45) is -2.94. The first-order chi connectivity index (χ1) is 12.0. The molecule has 2 aliphatic heterocycles. The Morgan fingerprint density at radius 2 is 2.12 bits per heavy atom. The molecule has 0 aliphatic carbocycles. The standard InChI is InChI=1S/C17H13Cl2NO5/c1-23-11-4-2-3-8-12-13-9(19)5-7(18)6-10(13)20-16(25-17(21)22)15(12)24-14(8)11/h2-6,12,15-16,20H,1H3,(H,21,22). The summed E-state index contributed by atoms with van der Waals surface area (Å²) in [7, 11) is 1.55. The Kier molecular flexibility index (Phi) is 3.81. The number of carbonyl (C=O) groups is 1. The fourth-order valence-electron chi connectivity index (χ4n) is 3.46. The van der Waals surface area contributed by atoms with Crippen molar-refractivity contribution in [1.82, 2.24) is 0 Å². The Bertz CT molecular complexity index is 872. The van der Waals surface area contributed by atoms with Crippen molar-refractivity contribution in [2.45, 2.75) is 18.2 Å². The van der Waals surface area contributed by atoms with Crippen LogP contribution in [0.1, 0.15) is 17.0 Å². The Morgan fingerprint density at radius 1 is 1.32 bits per heavy atom. The highest BCUT2D eigenvalue weighted by atomic mass is 35.5. The maximum atomic E-state index is 11.1. The van der Waals surface area contributed by atoms with Gasteiger partial charge in [-0.15, -0.1) is 0 Å². The minimum absolute atomic E-state index is 0.310. The summed E-state index contributed by atoms with van der Waals surface area (Å²) in [5.41, 5.74) is 2.26. The van der Waals surface area contributed by atoms with Crippen molar-refractivity contribution in [3.63, 3.8) is 0 Å². The molecule has 2 aromatic rings. The second kappa shape index (κ2) is 5.89. The van der Waals surface area contributed by atoms with Gasteiger partial charge in [-0.2, -0.15) is 0 Å². The van der Waals surface area contributed by atoms with E-state index >= 15 is 0 Å². The van der Waals surface area contributed by atoms with Gasteiger partial charge in [-0.3, -0.25) is 0 Å². The molecule has 0 spiro atoms. The van der Waals surface area contributed by atoms with Crippen molar-refractivity contribution in [2.24, 2.45) is 0 Å². The zero-order valence-electron chi connectivity index (χ0n) is 13.0. The van der Waals surface area contributed by atoms with Crippen molar-refractivity contribution in [3.05, 3.63) is 51.5 Å². The van der Waals surface area contributed by atoms with Gasteiger partial charge in [0.15, 0.2) is 17.6 Å². The summed E-state index contributed by atoms with van der Waals surface area (Å²) in [5, 5.41) is 13.0. The van der Waals surface area contributed by atoms with Crippen LogP contribution in [0.4, 0.5) is 10.5 Å². The maximum Gasteiger partial charge on any atom is 0.507 e. The van der Waals surface area contributed by atoms with Gasteiger partial charge >= 0.3 is 6.16 Å². The lowest BCUT2D eigenvalue weighted by atomic mass is 9.83. The van der Waals surface area contributed by atoms with Crippen LogP contribution in [0.25, 0.3) is 0 Å². The van der Waals surface area contributed by atoms with E-state index in [1.54, 1.807) is 25.3 Å². The molecule has 6 nitrogen and oxygen atoms in total. The lowest BCUT2D eigenvalue weighted by molar-refractivity contribution is 0.00523. The molecule has 0 saturated carbocycles. The highest BCUT2D eigenvalue weighted by molar-refractivity contribution is 6.35. The molecular weight excluding hydrogens is 369 g/mol. The smallest absolute Gasteiger partial charge is 0.493 e. The van der Waals surface area contributed by atoms with Crippen LogP contribution in [-0.4, -0.2) is 30.7 Å². The van der Waals surface area contributed by atoms with E-state index < -0.39 is 18.5 Å². The first kappa shape index (κ1) is 16.2. The predicted octanol–water partition coefficient (Wildman–Crippen LogP) is 4.34. The fourth-order valence-corrected chi connectivity index (χ4v) is 4.07. The van der Waals surface area contributed by atoms with E-state index in [2.05, 4.69) is 5.32 Å². The second-order valence-corrected chi connectivity index (χ2v) is 6.58. The number of benzene rings is 2. The van der Waals surface area contributed by atoms with Gasteiger partial charge in [0.2, 0.25) is 6.23 Å². The third kappa shape index (κ3) is 2.53. The first-order valence-corrected chi connectivity index (χ1v) is 8.24. The molecule has 2 aromatic carbocycles. The van der Waals surface area contributed by atoms with Crippen LogP contribution in [0, 0.1) is 0 Å². The van der Waals surface area contributed by atoms with E-state index in [1.807, 2.05) is 12.1 Å². The highest BCUT2D eigenvalue weighted by Gasteiger charge is 2.48. The number of anilines is 1. The average Bonchev–Trinajstić information content (AvgIpc) is 2.93. The predicted molar refractivity (Wildman–Crippen MR) is 92.2 cm³/mol. The van der Waals surface area contributed by atoms with Crippen LogP contribution in [0.5, 0.6) is 11.5 Å². The Balaban J connectivity index is 1.91. The number of carboxylic acid groups (broad SMARTS) is 1. The normalized spacial score (nSPS) is 22.8. The van der Waals surface area contributed by atoms with Crippen LogP contribution in [0.2, 0.25) is 10.0 Å². The molecule has 2 heterocycles. The van der Waals surface area contributed by atoms with Gasteiger partial charge in [-0.25, -0.2) is 4.79 Å².